The van der Waals surface area contributed by atoms with E-state index in [0.717, 1.165) is 11.6 Å². The summed E-state index contributed by atoms with van der Waals surface area (Å²) in [6.07, 6.45) is 13.0. The minimum atomic E-state index is -0.623. The molecule has 0 amide bonds. The zero-order chi connectivity index (χ0) is 33.4. The van der Waals surface area contributed by atoms with E-state index in [4.69, 9.17) is 4.74 Å². The van der Waals surface area contributed by atoms with Crippen LogP contribution in [-0.4, -0.2) is 9.13 Å². The first-order chi connectivity index (χ1) is 25.8. The molecule has 52 heavy (non-hydrogen) atoms. The van der Waals surface area contributed by atoms with Crippen LogP contribution in [0.3, 0.4) is 0 Å². The maximum Gasteiger partial charge on any atom is 0.378 e. The highest BCUT2D eigenvalue weighted by atomic mass is 16.5. The Labute approximate surface area is 301 Å². The topological polar surface area (TPSA) is 26.8 Å². The predicted molar refractivity (Wildman–Crippen MR) is 204 cm³/mol. The quantitative estimate of drug-likeness (QED) is 0.168. The Kier molecular flexibility index (Phi) is 4.79. The van der Waals surface area contributed by atoms with Crippen LogP contribution in [0.2, 0.25) is 0 Å². The second-order valence-corrected chi connectivity index (χ2v) is 16.5. The number of hydrogen-bond acceptors (Lipinski definition) is 1. The minimum Gasteiger partial charge on any atom is -0.404 e. The monoisotopic (exact) mass is 674 g/mol. The molecule has 4 aliphatic heterocycles. The molecule has 2 fully saturated rings. The number of rotatable bonds is 2. The first-order valence-electron chi connectivity index (χ1n) is 19.8. The van der Waals surface area contributed by atoms with E-state index in [-0.39, 0.29) is 0 Å². The molecule has 4 aromatic heterocycles. The van der Waals surface area contributed by atoms with E-state index in [2.05, 4.69) is 115 Å². The largest absolute Gasteiger partial charge is 0.404 e. The standard InChI is InChI=1S/C47H38N4O/c1-3-12-27(13-4-1)29-24-38-39-26-33(28-14-5-2-6-15-28)42-32-17-8-10-19-35(32)49-37-23-22-31-30-16-7-9-18-34(30)48-36-20-11-21-40-43(36)47(44(37)45(31)48,51(39)46(42)49)50(38)41(25-29)52-40/h7-11,16-28H,1-6,12-15H2/q+2. The van der Waals surface area contributed by atoms with Crippen LogP contribution in [0.25, 0.3) is 66.5 Å². The molecule has 0 saturated heterocycles. The number of benzene rings is 4. The fourth-order valence-electron chi connectivity index (χ4n) is 12.2. The van der Waals surface area contributed by atoms with Gasteiger partial charge in [-0.05, 0) is 97.2 Å². The van der Waals surface area contributed by atoms with Crippen molar-refractivity contribution < 1.29 is 13.9 Å². The van der Waals surface area contributed by atoms with E-state index in [1.807, 2.05) is 0 Å². The summed E-state index contributed by atoms with van der Waals surface area (Å²) in [5.41, 5.74) is 15.4. The Morgan fingerprint density at radius 1 is 0.577 bits per heavy atom. The van der Waals surface area contributed by atoms with E-state index >= 15 is 0 Å². The maximum atomic E-state index is 7.24. The molecule has 0 N–H and O–H groups in total. The summed E-state index contributed by atoms with van der Waals surface area (Å²) in [5, 5.41) is 5.44. The molecule has 4 aromatic carbocycles. The van der Waals surface area contributed by atoms with Crippen molar-refractivity contribution in [1.29, 1.82) is 0 Å². The highest BCUT2D eigenvalue weighted by Crippen LogP contribution is 2.58. The fourth-order valence-corrected chi connectivity index (χ4v) is 12.2. The molecular weight excluding hydrogens is 637 g/mol. The van der Waals surface area contributed by atoms with Crippen LogP contribution in [0, 0.1) is 0 Å². The Morgan fingerprint density at radius 3 is 2.12 bits per heavy atom. The molecule has 5 nitrogen and oxygen atoms in total. The number of aromatic nitrogens is 4. The Hall–Kier alpha value is -5.42. The lowest BCUT2D eigenvalue weighted by Gasteiger charge is -2.37. The molecule has 250 valence electrons. The predicted octanol–water partition coefficient (Wildman–Crippen LogP) is 10.6. The zero-order valence-corrected chi connectivity index (χ0v) is 29.2. The van der Waals surface area contributed by atoms with E-state index in [9.17, 15) is 0 Å². The fraction of sp³-hybridized carbons (Fsp3) is 0.277. The van der Waals surface area contributed by atoms with E-state index in [1.165, 1.54) is 147 Å². The van der Waals surface area contributed by atoms with Gasteiger partial charge >= 0.3 is 17.2 Å². The van der Waals surface area contributed by atoms with Gasteiger partial charge in [0.1, 0.15) is 16.6 Å². The highest BCUT2D eigenvalue weighted by Gasteiger charge is 2.71. The van der Waals surface area contributed by atoms with Gasteiger partial charge in [0.25, 0.3) is 5.69 Å². The van der Waals surface area contributed by atoms with E-state index < -0.39 is 5.66 Å². The number of para-hydroxylation sites is 2. The van der Waals surface area contributed by atoms with Crippen molar-refractivity contribution in [3.63, 3.8) is 0 Å². The highest BCUT2D eigenvalue weighted by molar-refractivity contribution is 6.14. The third-order valence-electron chi connectivity index (χ3n) is 14.2. The Bertz CT molecular complexity index is 2970. The van der Waals surface area contributed by atoms with Crippen LogP contribution in [0.1, 0.15) is 98.3 Å². The van der Waals surface area contributed by atoms with Crippen molar-refractivity contribution in [1.82, 2.24) is 9.13 Å². The lowest BCUT2D eigenvalue weighted by molar-refractivity contribution is -0.932. The van der Waals surface area contributed by atoms with Gasteiger partial charge in [0.2, 0.25) is 5.69 Å². The number of fused-ring (bicyclic) bond motifs is 9. The van der Waals surface area contributed by atoms with Crippen molar-refractivity contribution in [2.24, 2.45) is 0 Å². The van der Waals surface area contributed by atoms with Crippen LogP contribution < -0.4 is 13.9 Å². The number of hydrogen-bond donors (Lipinski definition) is 0. The normalized spacial score (nSPS) is 20.8. The van der Waals surface area contributed by atoms with Gasteiger partial charge in [-0.1, -0.05) is 74.9 Å². The third kappa shape index (κ3) is 2.88. The average molecular weight is 675 g/mol. The van der Waals surface area contributed by atoms with E-state index in [1.54, 1.807) is 5.56 Å². The summed E-state index contributed by atoms with van der Waals surface area (Å²) in [6.45, 7) is 0. The zero-order valence-electron chi connectivity index (χ0n) is 29.2. The van der Waals surface area contributed by atoms with Crippen molar-refractivity contribution in [2.45, 2.75) is 81.7 Å². The van der Waals surface area contributed by atoms with Gasteiger partial charge < -0.3 is 9.30 Å². The van der Waals surface area contributed by atoms with Gasteiger partial charge in [-0.15, -0.1) is 9.13 Å². The number of nitrogens with zero attached hydrogens (tertiary/aromatic N) is 4. The minimum absolute atomic E-state index is 0.562. The van der Waals surface area contributed by atoms with Crippen LogP contribution in [0.4, 0.5) is 0 Å². The summed E-state index contributed by atoms with van der Waals surface area (Å²) in [5.74, 6) is 3.09. The molecule has 1 unspecified atom stereocenters. The molecule has 2 aliphatic carbocycles. The Morgan fingerprint density at radius 2 is 1.29 bits per heavy atom. The lowest BCUT2D eigenvalue weighted by Crippen LogP contribution is -2.74. The van der Waals surface area contributed by atoms with Crippen molar-refractivity contribution in [2.75, 3.05) is 0 Å². The van der Waals surface area contributed by atoms with Crippen LogP contribution >= 0.6 is 0 Å². The van der Waals surface area contributed by atoms with Crippen molar-refractivity contribution in [3.8, 4) is 34.4 Å². The van der Waals surface area contributed by atoms with Crippen LogP contribution in [0.15, 0.2) is 97.1 Å². The number of ether oxygens (including phenoxy) is 1. The van der Waals surface area contributed by atoms with Gasteiger partial charge in [0, 0.05) is 22.2 Å². The van der Waals surface area contributed by atoms with Gasteiger partial charge in [-0.3, -0.25) is 0 Å². The molecule has 8 aromatic rings. The van der Waals surface area contributed by atoms with Gasteiger partial charge in [0.05, 0.1) is 28.2 Å². The van der Waals surface area contributed by atoms with Crippen LogP contribution in [0.5, 0.6) is 11.6 Å². The molecule has 6 aliphatic rings. The summed E-state index contributed by atoms with van der Waals surface area (Å²) < 4.78 is 17.9. The molecule has 2 saturated carbocycles. The molecule has 8 heterocycles. The molecule has 5 heteroatoms. The Balaban J connectivity index is 1.26. The second kappa shape index (κ2) is 9.14. The third-order valence-corrected chi connectivity index (χ3v) is 14.2. The summed E-state index contributed by atoms with van der Waals surface area (Å²) in [6, 6.07) is 37.6. The molecular formula is C47H38N4O+2. The SMILES string of the molecule is c1cc2c3c(c1)-n1c4ccccc4c4ccc5c(c41)C31[n+]3c(cc(C4CCCCC4)cc3-c3cc(C4CCCCC4)c4c6ccccc6n-5c4[n+]31)O2. The van der Waals surface area contributed by atoms with Crippen molar-refractivity contribution >= 4 is 43.7 Å². The van der Waals surface area contributed by atoms with E-state index in [0.29, 0.717) is 11.8 Å². The molecule has 1 spiro atoms. The van der Waals surface area contributed by atoms with Gasteiger partial charge in [0.15, 0.2) is 11.4 Å². The second-order valence-electron chi connectivity index (χ2n) is 16.5. The molecule has 0 radical (unpaired) electrons. The van der Waals surface area contributed by atoms with Crippen molar-refractivity contribution in [3.05, 3.63) is 119 Å². The molecule has 0 bridgehead atoms. The lowest BCUT2D eigenvalue weighted by atomic mass is 9.80. The van der Waals surface area contributed by atoms with Gasteiger partial charge in [-0.2, -0.15) is 4.57 Å². The maximum absolute atomic E-state index is 7.24. The average Bonchev–Trinajstić information content (AvgIpc) is 3.83. The summed E-state index contributed by atoms with van der Waals surface area (Å²) in [4.78, 5) is 0. The summed E-state index contributed by atoms with van der Waals surface area (Å²) >= 11 is 0. The van der Waals surface area contributed by atoms with Gasteiger partial charge in [-0.25, -0.2) is 0 Å². The summed E-state index contributed by atoms with van der Waals surface area (Å²) in [7, 11) is 0. The smallest absolute Gasteiger partial charge is 0.378 e. The van der Waals surface area contributed by atoms with Crippen LogP contribution in [-0.2, 0) is 5.66 Å². The molecule has 1 atom stereocenters. The number of pyridine rings is 2. The first-order valence-corrected chi connectivity index (χ1v) is 19.8. The molecule has 14 rings (SSSR count). The first kappa shape index (κ1) is 27.3.